The van der Waals surface area contributed by atoms with Crippen molar-refractivity contribution >= 4 is 21.6 Å². The first kappa shape index (κ1) is 21.4. The summed E-state index contributed by atoms with van der Waals surface area (Å²) in [6.45, 7) is 3.61. The Morgan fingerprint density at radius 1 is 0.833 bits per heavy atom. The second kappa shape index (κ2) is 8.59. The summed E-state index contributed by atoms with van der Waals surface area (Å²) in [6, 6.07) is 17.8. The minimum absolute atomic E-state index is 0.0223. The van der Waals surface area contributed by atoms with Crippen molar-refractivity contribution in [2.75, 3.05) is 18.5 Å². The standard InChI is InChI=1S/C23H23NO5S/c1-16-10-11-17(2)22(12-16)24(30(26,27)21-8-6-5-7-9-21)23(25)18-13-19(28-3)15-20(14-18)29-4/h5-15H,1-4H3. The summed E-state index contributed by atoms with van der Waals surface area (Å²) in [7, 11) is -1.25. The van der Waals surface area contributed by atoms with Gasteiger partial charge < -0.3 is 9.47 Å². The van der Waals surface area contributed by atoms with Crippen LogP contribution in [0.25, 0.3) is 0 Å². The average molecular weight is 426 g/mol. The van der Waals surface area contributed by atoms with Gasteiger partial charge in [-0.05, 0) is 55.3 Å². The Kier molecular flexibility index (Phi) is 6.12. The van der Waals surface area contributed by atoms with Crippen LogP contribution in [-0.4, -0.2) is 28.5 Å². The Bertz CT molecular complexity index is 1150. The summed E-state index contributed by atoms with van der Waals surface area (Å²) in [6.07, 6.45) is 0. The van der Waals surface area contributed by atoms with Gasteiger partial charge in [-0.1, -0.05) is 30.3 Å². The number of anilines is 1. The van der Waals surface area contributed by atoms with Gasteiger partial charge in [0.1, 0.15) is 11.5 Å². The molecule has 3 aromatic rings. The Morgan fingerprint density at radius 3 is 2.00 bits per heavy atom. The van der Waals surface area contributed by atoms with Crippen molar-refractivity contribution in [1.82, 2.24) is 0 Å². The van der Waals surface area contributed by atoms with E-state index in [4.69, 9.17) is 9.47 Å². The largest absolute Gasteiger partial charge is 0.497 e. The molecule has 0 spiro atoms. The molecular formula is C23H23NO5S. The molecule has 0 saturated heterocycles. The lowest BCUT2D eigenvalue weighted by Gasteiger charge is -2.25. The van der Waals surface area contributed by atoms with Crippen LogP contribution in [0.4, 0.5) is 5.69 Å². The summed E-state index contributed by atoms with van der Waals surface area (Å²) < 4.78 is 38.5. The molecule has 0 bridgehead atoms. The summed E-state index contributed by atoms with van der Waals surface area (Å²) in [4.78, 5) is 13.6. The lowest BCUT2D eigenvalue weighted by atomic mass is 10.1. The van der Waals surface area contributed by atoms with Crippen LogP contribution in [0.2, 0.25) is 0 Å². The number of carbonyl (C=O) groups is 1. The van der Waals surface area contributed by atoms with E-state index in [1.54, 1.807) is 43.3 Å². The van der Waals surface area contributed by atoms with E-state index in [9.17, 15) is 13.2 Å². The minimum Gasteiger partial charge on any atom is -0.497 e. The fourth-order valence-electron chi connectivity index (χ4n) is 3.03. The molecule has 3 aromatic carbocycles. The summed E-state index contributed by atoms with van der Waals surface area (Å²) in [5, 5.41) is 0. The van der Waals surface area contributed by atoms with E-state index in [0.717, 1.165) is 9.87 Å². The first-order valence-corrected chi connectivity index (χ1v) is 10.7. The number of benzene rings is 3. The third kappa shape index (κ3) is 4.16. The Morgan fingerprint density at radius 2 is 1.43 bits per heavy atom. The van der Waals surface area contributed by atoms with Crippen LogP contribution in [0.15, 0.2) is 71.6 Å². The number of sulfonamides is 1. The number of hydrogen-bond donors (Lipinski definition) is 0. The fraction of sp³-hybridized carbons (Fsp3) is 0.174. The third-order valence-corrected chi connectivity index (χ3v) is 6.36. The van der Waals surface area contributed by atoms with Crippen molar-refractivity contribution in [2.45, 2.75) is 18.7 Å². The number of aryl methyl sites for hydroxylation is 2. The Labute approximate surface area is 176 Å². The molecule has 0 aliphatic carbocycles. The highest BCUT2D eigenvalue weighted by molar-refractivity contribution is 7.93. The van der Waals surface area contributed by atoms with E-state index in [2.05, 4.69) is 0 Å². The van der Waals surface area contributed by atoms with Gasteiger partial charge in [0.15, 0.2) is 0 Å². The van der Waals surface area contributed by atoms with Gasteiger partial charge in [-0.25, -0.2) is 8.42 Å². The van der Waals surface area contributed by atoms with Gasteiger partial charge in [-0.3, -0.25) is 4.79 Å². The first-order chi connectivity index (χ1) is 14.3. The number of carbonyl (C=O) groups excluding carboxylic acids is 1. The number of rotatable bonds is 6. The van der Waals surface area contributed by atoms with E-state index < -0.39 is 15.9 Å². The van der Waals surface area contributed by atoms with Crippen molar-refractivity contribution < 1.29 is 22.7 Å². The quantitative estimate of drug-likeness (QED) is 0.587. The van der Waals surface area contributed by atoms with E-state index in [1.165, 1.54) is 38.5 Å². The zero-order valence-corrected chi connectivity index (χ0v) is 18.1. The topological polar surface area (TPSA) is 72.9 Å². The van der Waals surface area contributed by atoms with Crippen LogP contribution in [0.5, 0.6) is 11.5 Å². The normalized spacial score (nSPS) is 11.1. The van der Waals surface area contributed by atoms with Gasteiger partial charge in [-0.2, -0.15) is 4.31 Å². The first-order valence-electron chi connectivity index (χ1n) is 9.23. The number of amides is 1. The maximum atomic E-state index is 13.6. The molecule has 30 heavy (non-hydrogen) atoms. The molecule has 0 N–H and O–H groups in total. The molecule has 0 heterocycles. The molecule has 0 unspecified atom stereocenters. The average Bonchev–Trinajstić information content (AvgIpc) is 2.76. The van der Waals surface area contributed by atoms with Crippen molar-refractivity contribution in [3.05, 3.63) is 83.4 Å². The summed E-state index contributed by atoms with van der Waals surface area (Å²) in [5.74, 6) is 0.0659. The molecule has 0 saturated carbocycles. The van der Waals surface area contributed by atoms with Crippen LogP contribution < -0.4 is 13.8 Å². The fourth-order valence-corrected chi connectivity index (χ4v) is 4.52. The van der Waals surface area contributed by atoms with E-state index in [1.807, 2.05) is 13.0 Å². The van der Waals surface area contributed by atoms with Gasteiger partial charge in [-0.15, -0.1) is 0 Å². The van der Waals surface area contributed by atoms with Crippen molar-refractivity contribution in [3.63, 3.8) is 0 Å². The van der Waals surface area contributed by atoms with Gasteiger partial charge in [0.05, 0.1) is 24.8 Å². The van der Waals surface area contributed by atoms with Crippen LogP contribution >= 0.6 is 0 Å². The molecule has 0 aliphatic heterocycles. The number of nitrogens with zero attached hydrogens (tertiary/aromatic N) is 1. The van der Waals surface area contributed by atoms with Gasteiger partial charge in [0.2, 0.25) is 0 Å². The smallest absolute Gasteiger partial charge is 0.272 e. The zero-order chi connectivity index (χ0) is 21.9. The van der Waals surface area contributed by atoms with Gasteiger partial charge >= 0.3 is 0 Å². The SMILES string of the molecule is COc1cc(OC)cc(C(=O)N(c2cc(C)ccc2C)S(=O)(=O)c2ccccc2)c1. The number of ether oxygens (including phenoxy) is 2. The van der Waals surface area contributed by atoms with E-state index in [-0.39, 0.29) is 10.5 Å². The highest BCUT2D eigenvalue weighted by Gasteiger charge is 2.33. The van der Waals surface area contributed by atoms with Crippen LogP contribution in [0, 0.1) is 13.8 Å². The molecule has 0 radical (unpaired) electrons. The molecule has 0 aromatic heterocycles. The second-order valence-corrected chi connectivity index (χ2v) is 8.57. The molecule has 0 fully saturated rings. The van der Waals surface area contributed by atoms with Crippen molar-refractivity contribution in [1.29, 1.82) is 0 Å². The molecule has 156 valence electrons. The molecule has 0 aliphatic rings. The predicted octanol–water partition coefficient (Wildman–Crippen LogP) is 4.36. The van der Waals surface area contributed by atoms with Gasteiger partial charge in [0.25, 0.3) is 15.9 Å². The molecule has 7 heteroatoms. The summed E-state index contributed by atoms with van der Waals surface area (Å²) >= 11 is 0. The van der Waals surface area contributed by atoms with Crippen LogP contribution in [0.1, 0.15) is 21.5 Å². The maximum Gasteiger partial charge on any atom is 0.272 e. The molecule has 3 rings (SSSR count). The van der Waals surface area contributed by atoms with Gasteiger partial charge in [0, 0.05) is 11.6 Å². The highest BCUT2D eigenvalue weighted by Crippen LogP contribution is 2.31. The predicted molar refractivity (Wildman–Crippen MR) is 116 cm³/mol. The highest BCUT2D eigenvalue weighted by atomic mass is 32.2. The van der Waals surface area contributed by atoms with Crippen molar-refractivity contribution in [2.24, 2.45) is 0 Å². The Balaban J connectivity index is 2.25. The number of hydrogen-bond acceptors (Lipinski definition) is 5. The lowest BCUT2D eigenvalue weighted by molar-refractivity contribution is 0.100. The second-order valence-electron chi connectivity index (χ2n) is 6.78. The maximum absolute atomic E-state index is 13.6. The third-order valence-electron chi connectivity index (χ3n) is 4.65. The van der Waals surface area contributed by atoms with Crippen LogP contribution in [-0.2, 0) is 10.0 Å². The zero-order valence-electron chi connectivity index (χ0n) is 17.2. The van der Waals surface area contributed by atoms with E-state index >= 15 is 0 Å². The minimum atomic E-state index is -4.18. The number of methoxy groups -OCH3 is 2. The summed E-state index contributed by atoms with van der Waals surface area (Å²) in [5.41, 5.74) is 1.92. The lowest BCUT2D eigenvalue weighted by Crippen LogP contribution is -2.37. The van der Waals surface area contributed by atoms with Crippen molar-refractivity contribution in [3.8, 4) is 11.5 Å². The monoisotopic (exact) mass is 425 g/mol. The molecule has 0 atom stereocenters. The van der Waals surface area contributed by atoms with Crippen LogP contribution in [0.3, 0.4) is 0 Å². The van der Waals surface area contributed by atoms with E-state index in [0.29, 0.717) is 22.7 Å². The molecule has 1 amide bonds. The Hall–Kier alpha value is -3.32. The molecule has 6 nitrogen and oxygen atoms in total. The molecular weight excluding hydrogens is 402 g/mol.